The molecule has 80 valence electrons. The van der Waals surface area contributed by atoms with Crippen LogP contribution in [-0.2, 0) is 4.74 Å². The molecular weight excluding hydrogens is 186 g/mol. The van der Waals surface area contributed by atoms with Gasteiger partial charge in [-0.2, -0.15) is 0 Å². The third kappa shape index (κ3) is 5.50. The molecule has 0 aliphatic heterocycles. The van der Waals surface area contributed by atoms with Gasteiger partial charge in [0, 0.05) is 18.0 Å². The second-order valence-corrected chi connectivity index (χ2v) is 4.27. The summed E-state index contributed by atoms with van der Waals surface area (Å²) in [4.78, 5) is 2.32. The highest BCUT2D eigenvalue weighted by Gasteiger charge is 2.20. The van der Waals surface area contributed by atoms with Crippen molar-refractivity contribution in [1.82, 2.24) is 4.90 Å². The molecule has 0 atom stereocenters. The summed E-state index contributed by atoms with van der Waals surface area (Å²) in [6.07, 6.45) is 1.15. The van der Waals surface area contributed by atoms with Crippen LogP contribution in [0.25, 0.3) is 0 Å². The van der Waals surface area contributed by atoms with Crippen molar-refractivity contribution < 1.29 is 4.74 Å². The third-order valence-corrected chi connectivity index (χ3v) is 2.85. The Labute approximate surface area is 87.2 Å². The van der Waals surface area contributed by atoms with Crippen LogP contribution in [0.4, 0.5) is 0 Å². The van der Waals surface area contributed by atoms with Gasteiger partial charge in [-0.15, -0.1) is 11.6 Å². The number of hydrogen-bond donors (Lipinski definition) is 0. The lowest BCUT2D eigenvalue weighted by Gasteiger charge is -2.34. The van der Waals surface area contributed by atoms with E-state index in [4.69, 9.17) is 16.3 Å². The lowest BCUT2D eigenvalue weighted by molar-refractivity contribution is 0.0796. The summed E-state index contributed by atoms with van der Waals surface area (Å²) < 4.78 is 5.32. The van der Waals surface area contributed by atoms with Gasteiger partial charge in [0.05, 0.1) is 13.2 Å². The molecule has 0 fully saturated rings. The van der Waals surface area contributed by atoms with E-state index in [-0.39, 0.29) is 5.54 Å². The molecule has 0 bridgehead atoms. The second kappa shape index (κ2) is 6.63. The minimum Gasteiger partial charge on any atom is -0.379 e. The number of likely N-dealkylation sites (N-methyl/N-ethyl adjacent to an activating group) is 1. The van der Waals surface area contributed by atoms with E-state index in [1.54, 1.807) is 0 Å². The lowest BCUT2D eigenvalue weighted by atomic mass is 10.0. The predicted octanol–water partition coefficient (Wildman–Crippen LogP) is 2.36. The van der Waals surface area contributed by atoms with Crippen molar-refractivity contribution >= 4 is 11.6 Å². The number of nitrogens with zero attached hydrogens (tertiary/aromatic N) is 1. The first kappa shape index (κ1) is 13.2. The Kier molecular flexibility index (Phi) is 6.74. The van der Waals surface area contributed by atoms with Crippen LogP contribution in [-0.4, -0.2) is 43.1 Å². The second-order valence-electron chi connectivity index (χ2n) is 3.89. The molecular formula is C10H22ClNO. The predicted molar refractivity (Wildman–Crippen MR) is 58.5 cm³/mol. The summed E-state index contributed by atoms with van der Waals surface area (Å²) >= 11 is 5.50. The van der Waals surface area contributed by atoms with Gasteiger partial charge >= 0.3 is 0 Å². The fourth-order valence-corrected chi connectivity index (χ4v) is 1.04. The lowest BCUT2D eigenvalue weighted by Crippen LogP contribution is -2.42. The summed E-state index contributed by atoms with van der Waals surface area (Å²) in [5.41, 5.74) is 0.268. The number of hydrogen-bond acceptors (Lipinski definition) is 2. The smallest absolute Gasteiger partial charge is 0.0602 e. The number of ether oxygens (including phenoxy) is 1. The molecule has 0 saturated carbocycles. The zero-order valence-corrected chi connectivity index (χ0v) is 10.0. The van der Waals surface area contributed by atoms with Gasteiger partial charge < -0.3 is 4.74 Å². The van der Waals surface area contributed by atoms with Crippen LogP contribution in [0.1, 0.15) is 27.2 Å². The number of alkyl halides is 1. The molecule has 0 aromatic carbocycles. The zero-order valence-electron chi connectivity index (χ0n) is 9.27. The van der Waals surface area contributed by atoms with Crippen molar-refractivity contribution in [2.45, 2.75) is 32.7 Å². The first-order valence-electron chi connectivity index (χ1n) is 4.89. The molecule has 0 amide bonds. The molecule has 0 spiro atoms. The topological polar surface area (TPSA) is 12.5 Å². The van der Waals surface area contributed by atoms with Gasteiger partial charge in [0.2, 0.25) is 0 Å². The largest absolute Gasteiger partial charge is 0.379 e. The summed E-state index contributed by atoms with van der Waals surface area (Å²) in [5.74, 6) is 0.584. The van der Waals surface area contributed by atoms with E-state index in [0.717, 1.165) is 19.6 Å². The first-order chi connectivity index (χ1) is 6.04. The van der Waals surface area contributed by atoms with Gasteiger partial charge in [0.25, 0.3) is 0 Å². The van der Waals surface area contributed by atoms with Crippen LogP contribution in [0.2, 0.25) is 0 Å². The molecule has 0 heterocycles. The normalized spacial score (nSPS) is 12.5. The van der Waals surface area contributed by atoms with Gasteiger partial charge in [-0.3, -0.25) is 4.90 Å². The van der Waals surface area contributed by atoms with Crippen molar-refractivity contribution in [1.29, 1.82) is 0 Å². The molecule has 13 heavy (non-hydrogen) atoms. The molecule has 0 aromatic heterocycles. The molecule has 0 aromatic rings. The van der Waals surface area contributed by atoms with Crippen molar-refractivity contribution in [2.24, 2.45) is 0 Å². The SMILES string of the molecule is CCC(C)(C)N(C)CCOCCCl. The Morgan fingerprint density at radius 1 is 1.31 bits per heavy atom. The summed E-state index contributed by atoms with van der Waals surface area (Å²) in [6.45, 7) is 9.09. The number of halogens is 1. The van der Waals surface area contributed by atoms with E-state index in [1.165, 1.54) is 0 Å². The maximum Gasteiger partial charge on any atom is 0.0602 e. The van der Waals surface area contributed by atoms with Gasteiger partial charge in [-0.25, -0.2) is 0 Å². The summed E-state index contributed by atoms with van der Waals surface area (Å²) in [5, 5.41) is 0. The summed E-state index contributed by atoms with van der Waals surface area (Å²) in [7, 11) is 2.13. The average molecular weight is 208 g/mol. The molecule has 0 saturated heterocycles. The highest BCUT2D eigenvalue weighted by Crippen LogP contribution is 2.15. The molecule has 0 aliphatic rings. The van der Waals surface area contributed by atoms with Crippen LogP contribution >= 0.6 is 11.6 Å². The van der Waals surface area contributed by atoms with Crippen molar-refractivity contribution in [2.75, 3.05) is 32.7 Å². The maximum atomic E-state index is 5.50. The van der Waals surface area contributed by atoms with Gasteiger partial charge in [-0.05, 0) is 27.3 Å². The van der Waals surface area contributed by atoms with Crippen LogP contribution in [0.5, 0.6) is 0 Å². The quantitative estimate of drug-likeness (QED) is 0.470. The van der Waals surface area contributed by atoms with Crippen molar-refractivity contribution in [3.8, 4) is 0 Å². The highest BCUT2D eigenvalue weighted by atomic mass is 35.5. The minimum atomic E-state index is 0.268. The molecule has 0 aliphatic carbocycles. The van der Waals surface area contributed by atoms with Crippen LogP contribution in [0.3, 0.4) is 0 Å². The Morgan fingerprint density at radius 2 is 1.92 bits per heavy atom. The first-order valence-corrected chi connectivity index (χ1v) is 5.43. The maximum absolute atomic E-state index is 5.50. The third-order valence-electron chi connectivity index (χ3n) is 2.69. The van der Waals surface area contributed by atoms with E-state index < -0.39 is 0 Å². The van der Waals surface area contributed by atoms with Crippen LogP contribution in [0.15, 0.2) is 0 Å². The molecule has 0 radical (unpaired) electrons. The van der Waals surface area contributed by atoms with Crippen molar-refractivity contribution in [3.05, 3.63) is 0 Å². The van der Waals surface area contributed by atoms with Gasteiger partial charge in [0.15, 0.2) is 0 Å². The summed E-state index contributed by atoms with van der Waals surface area (Å²) in [6, 6.07) is 0. The molecule has 0 rings (SSSR count). The zero-order chi connectivity index (χ0) is 10.3. The fraction of sp³-hybridized carbons (Fsp3) is 1.00. The molecule has 3 heteroatoms. The molecule has 2 nitrogen and oxygen atoms in total. The Balaban J connectivity index is 3.55. The standard InChI is InChI=1S/C10H22ClNO/c1-5-10(2,3)12(4)7-9-13-8-6-11/h5-9H2,1-4H3. The van der Waals surface area contributed by atoms with Gasteiger partial charge in [-0.1, -0.05) is 6.92 Å². The van der Waals surface area contributed by atoms with Gasteiger partial charge in [0.1, 0.15) is 0 Å². The monoisotopic (exact) mass is 207 g/mol. The fourth-order valence-electron chi connectivity index (χ4n) is 0.931. The van der Waals surface area contributed by atoms with E-state index >= 15 is 0 Å². The number of rotatable bonds is 7. The molecule has 0 N–H and O–H groups in total. The Bertz CT molecular complexity index is 128. The van der Waals surface area contributed by atoms with E-state index in [0.29, 0.717) is 12.5 Å². The molecule has 0 unspecified atom stereocenters. The highest BCUT2D eigenvalue weighted by molar-refractivity contribution is 6.17. The Morgan fingerprint density at radius 3 is 2.38 bits per heavy atom. The van der Waals surface area contributed by atoms with E-state index in [9.17, 15) is 0 Å². The average Bonchev–Trinajstić information content (AvgIpc) is 2.12. The van der Waals surface area contributed by atoms with Crippen LogP contribution in [0, 0.1) is 0 Å². The minimum absolute atomic E-state index is 0.268. The van der Waals surface area contributed by atoms with Crippen LogP contribution < -0.4 is 0 Å². The Hall–Kier alpha value is 0.210. The van der Waals surface area contributed by atoms with E-state index in [1.807, 2.05) is 0 Å². The van der Waals surface area contributed by atoms with E-state index in [2.05, 4.69) is 32.7 Å². The van der Waals surface area contributed by atoms with Crippen molar-refractivity contribution in [3.63, 3.8) is 0 Å².